The Labute approximate surface area is 341 Å². The third-order valence-electron chi connectivity index (χ3n) is 8.43. The van der Waals surface area contributed by atoms with Crippen LogP contribution in [0.2, 0.25) is 10.0 Å². The highest BCUT2D eigenvalue weighted by molar-refractivity contribution is 7.59. The van der Waals surface area contributed by atoms with Crippen LogP contribution in [0.5, 0.6) is 0 Å². The first-order chi connectivity index (χ1) is 24.5. The molecule has 54 heavy (non-hydrogen) atoms. The lowest BCUT2D eigenvalue weighted by Crippen LogP contribution is -2.49. The molecule has 2 N–H and O–H groups in total. The van der Waals surface area contributed by atoms with E-state index in [1.165, 1.54) is 9.08 Å². The van der Waals surface area contributed by atoms with Crippen LogP contribution in [0.25, 0.3) is 22.4 Å². The number of aliphatic hydroxyl groups is 1. The monoisotopic (exact) mass is 836 g/mol. The van der Waals surface area contributed by atoms with E-state index in [4.69, 9.17) is 33.0 Å². The number of rotatable bonds is 4. The summed E-state index contributed by atoms with van der Waals surface area (Å²) < 4.78 is 11.7. The third kappa shape index (κ3) is 8.78. The molecule has 290 valence electrons. The maximum absolute atomic E-state index is 13.3. The molecule has 4 aromatic heterocycles. The number of hydrogen-bond acceptors (Lipinski definition) is 8. The first-order valence-corrected chi connectivity index (χ1v) is 17.2. The summed E-state index contributed by atoms with van der Waals surface area (Å²) in [6.07, 6.45) is 4.62. The summed E-state index contributed by atoms with van der Waals surface area (Å²) in [4.78, 5) is 40.3. The van der Waals surface area contributed by atoms with Gasteiger partial charge in [-0.15, -0.1) is 12.4 Å². The van der Waals surface area contributed by atoms with Crippen LogP contribution in [0.4, 0.5) is 4.79 Å². The normalized spacial score (nSPS) is 15.8. The van der Waals surface area contributed by atoms with Crippen molar-refractivity contribution < 1.29 is 14.6 Å². The molecule has 2 atom stereocenters. The number of amides is 1. The van der Waals surface area contributed by atoms with Crippen LogP contribution in [0.1, 0.15) is 57.3 Å². The highest BCUT2D eigenvalue weighted by Gasteiger charge is 2.40. The Bertz CT molecular complexity index is 2310. The van der Waals surface area contributed by atoms with Crippen LogP contribution >= 0.6 is 62.6 Å². The van der Waals surface area contributed by atoms with Gasteiger partial charge in [-0.3, -0.25) is 23.6 Å². The summed E-state index contributed by atoms with van der Waals surface area (Å²) in [6.45, 7) is 6.97. The summed E-state index contributed by atoms with van der Waals surface area (Å²) in [5, 5.41) is 20.3. The number of para-hydroxylation sites is 2. The van der Waals surface area contributed by atoms with E-state index >= 15 is 0 Å². The zero-order valence-electron chi connectivity index (χ0n) is 29.9. The van der Waals surface area contributed by atoms with E-state index in [1.54, 1.807) is 38.5 Å². The van der Waals surface area contributed by atoms with Crippen molar-refractivity contribution >= 4 is 79.7 Å². The molecule has 8 rings (SSSR count). The average Bonchev–Trinajstić information content (AvgIpc) is 3.63. The molecule has 1 amide bonds. The zero-order valence-corrected chi connectivity index (χ0v) is 34.3. The molecule has 2 fully saturated rings. The lowest BCUT2D eigenvalue weighted by atomic mass is 10.0. The van der Waals surface area contributed by atoms with Crippen LogP contribution in [0.15, 0.2) is 94.8 Å². The summed E-state index contributed by atoms with van der Waals surface area (Å²) in [7, 11) is 1.00. The van der Waals surface area contributed by atoms with Crippen molar-refractivity contribution in [2.75, 3.05) is 20.2 Å². The van der Waals surface area contributed by atoms with Crippen molar-refractivity contribution in [3.8, 4) is 11.4 Å². The maximum atomic E-state index is 13.3. The smallest absolute Gasteiger partial charge is 0.410 e. The van der Waals surface area contributed by atoms with Crippen LogP contribution in [0, 0.1) is 0 Å². The molecule has 0 aliphatic carbocycles. The molecule has 0 bridgehead atoms. The fraction of sp³-hybridized carbons (Fsp3) is 0.306. The number of likely N-dealkylation sites (tertiary alicyclic amines) is 1. The van der Waals surface area contributed by atoms with Crippen molar-refractivity contribution in [3.05, 3.63) is 128 Å². The van der Waals surface area contributed by atoms with Gasteiger partial charge >= 0.3 is 6.09 Å². The Morgan fingerprint density at radius 3 is 1.61 bits per heavy atom. The predicted molar refractivity (Wildman–Crippen MR) is 223 cm³/mol. The Morgan fingerprint density at radius 2 is 1.22 bits per heavy atom. The maximum Gasteiger partial charge on any atom is 0.410 e. The number of carbonyl (C=O) groups is 1. The van der Waals surface area contributed by atoms with Crippen molar-refractivity contribution in [3.63, 3.8) is 0 Å². The molecular weight excluding hydrogens is 795 g/mol. The topological polar surface area (TPSA) is 140 Å². The molecule has 0 saturated carbocycles. The molecule has 2 aromatic carbocycles. The lowest BCUT2D eigenvalue weighted by molar-refractivity contribution is -0.00811. The number of ether oxygens (including phenoxy) is 1. The van der Waals surface area contributed by atoms with Gasteiger partial charge in [-0.05, 0) is 76.6 Å². The molecule has 6 heterocycles. The van der Waals surface area contributed by atoms with E-state index < -0.39 is 11.7 Å². The van der Waals surface area contributed by atoms with Gasteiger partial charge in [0.1, 0.15) is 16.6 Å². The molecule has 2 saturated heterocycles. The minimum atomic E-state index is -0.596. The van der Waals surface area contributed by atoms with Gasteiger partial charge < -0.3 is 15.2 Å². The molecule has 18 heteroatoms. The number of nitrogens with one attached hydrogen (secondary N) is 1. The minimum absolute atomic E-state index is 0. The van der Waals surface area contributed by atoms with Gasteiger partial charge in [0.05, 0.1) is 33.5 Å². The second-order valence-electron chi connectivity index (χ2n) is 12.9. The summed E-state index contributed by atoms with van der Waals surface area (Å²) in [6, 6.07) is 21.8. The molecule has 2 aliphatic heterocycles. The van der Waals surface area contributed by atoms with Crippen molar-refractivity contribution in [1.82, 2.24) is 38.6 Å². The summed E-state index contributed by atoms with van der Waals surface area (Å²) in [5.74, 6) is 1.20. The van der Waals surface area contributed by atoms with Gasteiger partial charge in [0, 0.05) is 26.0 Å². The van der Waals surface area contributed by atoms with Crippen molar-refractivity contribution in [2.45, 2.75) is 51.3 Å². The number of hydrogen-bond donors (Lipinski definition) is 2. The number of halogens is 3. The van der Waals surface area contributed by atoms with Gasteiger partial charge in [-0.1, -0.05) is 59.6 Å². The number of nitrogens with zero attached hydrogens (tertiary/aromatic N) is 7. The highest BCUT2D eigenvalue weighted by Crippen LogP contribution is 2.34. The number of carbonyl (C=O) groups excluding carboxylic acids is 1. The summed E-state index contributed by atoms with van der Waals surface area (Å²) >= 11 is 12.3. The fourth-order valence-corrected chi connectivity index (χ4v) is 6.34. The second-order valence-corrected chi connectivity index (χ2v) is 13.7. The molecule has 2 aliphatic rings. The molecular formula is C36H43Cl3N8O5S2. The summed E-state index contributed by atoms with van der Waals surface area (Å²) in [5.41, 5.74) is 1.17. The second kappa shape index (κ2) is 18.6. The standard InChI is InChI=1S/C20H21ClN4O3.C15H13ClN4O.CH4O.ClH.2H2S/c1-20(2,3)28-19(27)23-11-10-15(23)17-22-24-12-9-14(21)16(24)18(26)25(17)13-7-5-4-6-8-13;16-11-7-9-19-13(11)15(21)20(10-4-2-1-3-5-10)14(18-19)12-6-8-17-12;1-2;;;/h4-9,12,15H,10-11H2,1-3H3;1-5,7,9,12,17H,6,8H2;2H,1H3;1H;2*1H2/t15-;12-;;;;/m00..../s1. The average molecular weight is 838 g/mol. The first kappa shape index (κ1) is 44.4. The van der Waals surface area contributed by atoms with Gasteiger partial charge in [0.2, 0.25) is 0 Å². The minimum Gasteiger partial charge on any atom is -0.444 e. The predicted octanol–water partition coefficient (Wildman–Crippen LogP) is 6.25. The van der Waals surface area contributed by atoms with Crippen LogP contribution in [-0.2, 0) is 4.74 Å². The zero-order chi connectivity index (χ0) is 36.4. The Morgan fingerprint density at radius 1 is 0.778 bits per heavy atom. The van der Waals surface area contributed by atoms with Crippen LogP contribution < -0.4 is 16.4 Å². The quantitative estimate of drug-likeness (QED) is 0.213. The Hall–Kier alpha value is -3.96. The van der Waals surface area contributed by atoms with Crippen molar-refractivity contribution in [1.29, 1.82) is 0 Å². The van der Waals surface area contributed by atoms with E-state index in [-0.39, 0.29) is 62.6 Å². The molecule has 13 nitrogen and oxygen atoms in total. The van der Waals surface area contributed by atoms with E-state index in [0.717, 1.165) is 31.6 Å². The van der Waals surface area contributed by atoms with E-state index in [1.807, 2.05) is 81.4 Å². The van der Waals surface area contributed by atoms with Crippen LogP contribution in [0.3, 0.4) is 0 Å². The molecule has 0 spiro atoms. The molecule has 0 unspecified atom stereocenters. The number of aromatic nitrogens is 6. The molecule has 0 radical (unpaired) electrons. The fourth-order valence-electron chi connectivity index (χ4n) is 5.89. The number of benzene rings is 2. The first-order valence-electron chi connectivity index (χ1n) is 16.4. The van der Waals surface area contributed by atoms with Crippen LogP contribution in [-0.4, -0.2) is 70.3 Å². The number of fused-ring (bicyclic) bond motifs is 2. The van der Waals surface area contributed by atoms with Gasteiger partial charge in [0.15, 0.2) is 11.6 Å². The van der Waals surface area contributed by atoms with E-state index in [2.05, 4.69) is 15.5 Å². The highest BCUT2D eigenvalue weighted by atomic mass is 35.5. The van der Waals surface area contributed by atoms with Crippen molar-refractivity contribution in [2.24, 2.45) is 0 Å². The lowest BCUT2D eigenvalue weighted by Gasteiger charge is -2.41. The largest absolute Gasteiger partial charge is 0.444 e. The SMILES string of the molecule is CC(C)(C)OC(=O)N1CC[C@H]1c1nn2ccc(Cl)c2c(=O)n1-c1ccccc1.CO.Cl.O=c1c2c(Cl)ccn2nc([C@@H]2CCN2)n1-c1ccccc1.S.S. The molecule has 6 aromatic rings. The third-order valence-corrected chi connectivity index (χ3v) is 9.04. The number of aliphatic hydroxyl groups excluding tert-OH is 1. The van der Waals surface area contributed by atoms with Gasteiger partial charge in [-0.25, -0.2) is 13.8 Å². The van der Waals surface area contributed by atoms with E-state index in [0.29, 0.717) is 45.6 Å². The van der Waals surface area contributed by atoms with Gasteiger partial charge in [0.25, 0.3) is 11.1 Å². The van der Waals surface area contributed by atoms with Gasteiger partial charge in [-0.2, -0.15) is 37.2 Å². The Kier molecular flexibility index (Phi) is 15.3. The Balaban J connectivity index is 0.000000271. The van der Waals surface area contributed by atoms with E-state index in [9.17, 15) is 14.4 Å².